The van der Waals surface area contributed by atoms with Crippen LogP contribution in [-0.2, 0) is 4.79 Å². The number of nitrogens with two attached hydrogens (primary N) is 1. The predicted molar refractivity (Wildman–Crippen MR) is 121 cm³/mol. The van der Waals surface area contributed by atoms with E-state index in [1.165, 1.54) is 0 Å². The van der Waals surface area contributed by atoms with Gasteiger partial charge in [0.25, 0.3) is 5.91 Å². The zero-order valence-electron chi connectivity index (χ0n) is 16.8. The van der Waals surface area contributed by atoms with E-state index in [0.717, 1.165) is 16.8 Å². The minimum atomic E-state index is -1.03. The molecule has 0 aliphatic heterocycles. The summed E-state index contributed by atoms with van der Waals surface area (Å²) >= 11 is 4.19. The second-order valence-electron chi connectivity index (χ2n) is 7.44. The molecule has 0 fully saturated rings. The van der Waals surface area contributed by atoms with Crippen LogP contribution in [0.2, 0.25) is 0 Å². The van der Waals surface area contributed by atoms with Gasteiger partial charge >= 0.3 is 5.97 Å². The molecule has 2 aromatic rings. The molecule has 7 heteroatoms. The Morgan fingerprint density at radius 1 is 1.14 bits per heavy atom. The van der Waals surface area contributed by atoms with Gasteiger partial charge in [0, 0.05) is 29.6 Å². The number of hydrogen-bond donors (Lipinski definition) is 5. The SMILES string of the molecule is CC(C)CC(NC(=O)c1ccc(NCC(N)CS)cc1-c1ccccc1)C(=O)O. The van der Waals surface area contributed by atoms with Crippen molar-refractivity contribution in [2.75, 3.05) is 17.6 Å². The van der Waals surface area contributed by atoms with Crippen LogP contribution in [0.15, 0.2) is 48.5 Å². The van der Waals surface area contributed by atoms with Crippen molar-refractivity contribution in [3.05, 3.63) is 54.1 Å². The van der Waals surface area contributed by atoms with Crippen LogP contribution in [0.25, 0.3) is 11.1 Å². The number of carbonyl (C=O) groups is 2. The van der Waals surface area contributed by atoms with Crippen molar-refractivity contribution in [1.82, 2.24) is 5.32 Å². The second kappa shape index (κ2) is 10.9. The van der Waals surface area contributed by atoms with Gasteiger partial charge < -0.3 is 21.5 Å². The first-order valence-corrected chi connectivity index (χ1v) is 10.3. The summed E-state index contributed by atoms with van der Waals surface area (Å²) in [5, 5.41) is 15.4. The molecule has 5 N–H and O–H groups in total. The Kier molecular flexibility index (Phi) is 8.54. The number of thiol groups is 1. The number of nitrogens with one attached hydrogen (secondary N) is 2. The molecule has 0 saturated carbocycles. The van der Waals surface area contributed by atoms with Crippen molar-refractivity contribution in [2.24, 2.45) is 11.7 Å². The highest BCUT2D eigenvalue weighted by molar-refractivity contribution is 7.80. The number of benzene rings is 2. The van der Waals surface area contributed by atoms with Crippen LogP contribution in [-0.4, -0.2) is 41.4 Å². The Hall–Kier alpha value is -2.51. The molecule has 2 aromatic carbocycles. The molecule has 2 unspecified atom stereocenters. The van der Waals surface area contributed by atoms with Crippen LogP contribution in [0, 0.1) is 5.92 Å². The zero-order chi connectivity index (χ0) is 21.4. The van der Waals surface area contributed by atoms with Gasteiger partial charge in [0.1, 0.15) is 6.04 Å². The predicted octanol–water partition coefficient (Wildman–Crippen LogP) is 3.25. The number of aliphatic carboxylic acids is 1. The highest BCUT2D eigenvalue weighted by Gasteiger charge is 2.23. The molecule has 0 aliphatic carbocycles. The van der Waals surface area contributed by atoms with Gasteiger partial charge in [-0.2, -0.15) is 12.6 Å². The van der Waals surface area contributed by atoms with E-state index in [1.807, 2.05) is 50.2 Å². The monoisotopic (exact) mass is 415 g/mol. The fraction of sp³-hybridized carbons (Fsp3) is 0.364. The highest BCUT2D eigenvalue weighted by atomic mass is 32.1. The minimum absolute atomic E-state index is 0.0890. The van der Waals surface area contributed by atoms with Gasteiger partial charge in [0.2, 0.25) is 0 Å². The molecule has 0 radical (unpaired) electrons. The van der Waals surface area contributed by atoms with E-state index in [9.17, 15) is 14.7 Å². The number of hydrogen-bond acceptors (Lipinski definition) is 5. The van der Waals surface area contributed by atoms with Gasteiger partial charge in [-0.05, 0) is 41.7 Å². The Labute approximate surface area is 177 Å². The molecule has 0 saturated heterocycles. The summed E-state index contributed by atoms with van der Waals surface area (Å²) in [5.41, 5.74) is 8.76. The lowest BCUT2D eigenvalue weighted by Crippen LogP contribution is -2.41. The highest BCUT2D eigenvalue weighted by Crippen LogP contribution is 2.27. The number of carboxylic acid groups (broad SMARTS) is 1. The molecule has 1 amide bonds. The largest absolute Gasteiger partial charge is 0.480 e. The maximum absolute atomic E-state index is 12.9. The lowest BCUT2D eigenvalue weighted by Gasteiger charge is -2.19. The van der Waals surface area contributed by atoms with Gasteiger partial charge in [0.05, 0.1) is 0 Å². The normalized spacial score (nSPS) is 13.0. The molecular formula is C22H29N3O3S. The topological polar surface area (TPSA) is 104 Å². The third-order valence-corrected chi connectivity index (χ3v) is 4.93. The van der Waals surface area contributed by atoms with Crippen molar-refractivity contribution < 1.29 is 14.7 Å². The number of carbonyl (C=O) groups excluding carboxylic acids is 1. The maximum atomic E-state index is 12.9. The van der Waals surface area contributed by atoms with Crippen LogP contribution in [0.3, 0.4) is 0 Å². The summed E-state index contributed by atoms with van der Waals surface area (Å²) in [6.07, 6.45) is 0.364. The first kappa shape index (κ1) is 22.8. The minimum Gasteiger partial charge on any atom is -0.480 e. The number of amides is 1. The molecule has 0 spiro atoms. The summed E-state index contributed by atoms with van der Waals surface area (Å²) < 4.78 is 0. The van der Waals surface area contributed by atoms with Crippen LogP contribution >= 0.6 is 12.6 Å². The standard InChI is InChI=1S/C22H29N3O3S/c1-14(2)10-20(22(27)28)25-21(26)18-9-8-17(24-12-16(23)13-29)11-19(18)15-6-4-3-5-7-15/h3-9,11,14,16,20,24,29H,10,12-13,23H2,1-2H3,(H,25,26)(H,27,28). The fourth-order valence-electron chi connectivity index (χ4n) is 2.95. The quantitative estimate of drug-likeness (QED) is 0.383. The Morgan fingerprint density at radius 2 is 1.83 bits per heavy atom. The summed E-state index contributed by atoms with van der Waals surface area (Å²) in [6, 6.07) is 13.9. The van der Waals surface area contributed by atoms with Gasteiger partial charge in [0.15, 0.2) is 0 Å². The van der Waals surface area contributed by atoms with E-state index in [2.05, 4.69) is 23.3 Å². The van der Waals surface area contributed by atoms with Crippen molar-refractivity contribution in [1.29, 1.82) is 0 Å². The Balaban J connectivity index is 2.34. The van der Waals surface area contributed by atoms with Crippen LogP contribution in [0.4, 0.5) is 5.69 Å². The van der Waals surface area contributed by atoms with E-state index in [4.69, 9.17) is 5.73 Å². The molecule has 2 rings (SSSR count). The molecule has 156 valence electrons. The lowest BCUT2D eigenvalue weighted by atomic mass is 9.97. The van der Waals surface area contributed by atoms with E-state index in [0.29, 0.717) is 24.3 Å². The van der Waals surface area contributed by atoms with Gasteiger partial charge in [-0.1, -0.05) is 44.2 Å². The van der Waals surface area contributed by atoms with E-state index >= 15 is 0 Å². The number of anilines is 1. The zero-order valence-corrected chi connectivity index (χ0v) is 17.7. The van der Waals surface area contributed by atoms with E-state index in [1.54, 1.807) is 12.1 Å². The van der Waals surface area contributed by atoms with Crippen molar-refractivity contribution >= 4 is 30.2 Å². The Bertz CT molecular complexity index is 827. The van der Waals surface area contributed by atoms with Crippen molar-refractivity contribution in [3.8, 4) is 11.1 Å². The second-order valence-corrected chi connectivity index (χ2v) is 7.81. The van der Waals surface area contributed by atoms with Gasteiger partial charge in [-0.3, -0.25) is 4.79 Å². The average molecular weight is 416 g/mol. The van der Waals surface area contributed by atoms with Crippen LogP contribution in [0.1, 0.15) is 30.6 Å². The third-order valence-electron chi connectivity index (χ3n) is 4.46. The third kappa shape index (κ3) is 6.80. The number of carboxylic acids is 1. The van der Waals surface area contributed by atoms with Crippen molar-refractivity contribution in [3.63, 3.8) is 0 Å². The molecule has 29 heavy (non-hydrogen) atoms. The molecule has 0 bridgehead atoms. The maximum Gasteiger partial charge on any atom is 0.326 e. The van der Waals surface area contributed by atoms with Gasteiger partial charge in [-0.25, -0.2) is 4.79 Å². The molecule has 0 aliphatic rings. The molecule has 2 atom stereocenters. The van der Waals surface area contributed by atoms with E-state index in [-0.39, 0.29) is 12.0 Å². The molecular weight excluding hydrogens is 386 g/mol. The summed E-state index contributed by atoms with van der Waals surface area (Å²) in [4.78, 5) is 24.5. The lowest BCUT2D eigenvalue weighted by molar-refractivity contribution is -0.139. The van der Waals surface area contributed by atoms with Crippen LogP contribution < -0.4 is 16.4 Å². The summed E-state index contributed by atoms with van der Waals surface area (Å²) in [7, 11) is 0. The fourth-order valence-corrected chi connectivity index (χ4v) is 3.08. The first-order chi connectivity index (χ1) is 13.8. The molecule has 0 heterocycles. The average Bonchev–Trinajstić information content (AvgIpc) is 2.71. The summed E-state index contributed by atoms with van der Waals surface area (Å²) in [5.74, 6) is -0.735. The summed E-state index contributed by atoms with van der Waals surface area (Å²) in [6.45, 7) is 4.40. The molecule has 0 aromatic heterocycles. The van der Waals surface area contributed by atoms with Gasteiger partial charge in [-0.15, -0.1) is 0 Å². The smallest absolute Gasteiger partial charge is 0.326 e. The van der Waals surface area contributed by atoms with Crippen LogP contribution in [0.5, 0.6) is 0 Å². The Morgan fingerprint density at radius 3 is 2.41 bits per heavy atom. The van der Waals surface area contributed by atoms with E-state index < -0.39 is 17.9 Å². The van der Waals surface area contributed by atoms with Crippen molar-refractivity contribution in [2.45, 2.75) is 32.4 Å². The molecule has 6 nitrogen and oxygen atoms in total. The number of rotatable bonds is 10. The first-order valence-electron chi connectivity index (χ1n) is 9.65.